The van der Waals surface area contributed by atoms with E-state index < -0.39 is 0 Å². The van der Waals surface area contributed by atoms with Gasteiger partial charge in [-0.15, -0.1) is 0 Å². The number of pyridine rings is 2. The zero-order valence-electron chi connectivity index (χ0n) is 17.6. The van der Waals surface area contributed by atoms with E-state index in [4.69, 9.17) is 0 Å². The van der Waals surface area contributed by atoms with Crippen molar-refractivity contribution in [2.75, 3.05) is 0 Å². The Morgan fingerprint density at radius 2 is 1.36 bits per heavy atom. The van der Waals surface area contributed by atoms with E-state index >= 15 is 0 Å². The molecule has 148 valence electrons. The van der Waals surface area contributed by atoms with Crippen LogP contribution in [0.4, 0.5) is 0 Å². The molecule has 0 aliphatic carbocycles. The zero-order chi connectivity index (χ0) is 20.9. The number of aromatic amines is 1. The molecule has 3 rings (SSSR count). The molecule has 0 fully saturated rings. The van der Waals surface area contributed by atoms with E-state index in [1.165, 1.54) is 6.07 Å². The first kappa shape index (κ1) is 21.4. The Balaban J connectivity index is 0.000000221. The van der Waals surface area contributed by atoms with Crippen molar-refractivity contribution in [1.29, 1.82) is 0 Å². The topological polar surface area (TPSA) is 59.8 Å². The Labute approximate surface area is 167 Å². The van der Waals surface area contributed by atoms with Gasteiger partial charge in [0.25, 0.3) is 0 Å². The fourth-order valence-electron chi connectivity index (χ4n) is 2.76. The van der Waals surface area contributed by atoms with Crippen molar-refractivity contribution in [3.05, 3.63) is 93.7 Å². The smallest absolute Gasteiger partial charge is 0.248 e. The molecule has 1 aromatic carbocycles. The van der Waals surface area contributed by atoms with Gasteiger partial charge >= 0.3 is 0 Å². The maximum Gasteiger partial charge on any atom is 0.248 e. The fourth-order valence-corrected chi connectivity index (χ4v) is 2.76. The van der Waals surface area contributed by atoms with Gasteiger partial charge in [0.15, 0.2) is 5.69 Å². The second-order valence-electron chi connectivity index (χ2n) is 8.89. The molecule has 2 aromatic heterocycles. The van der Waals surface area contributed by atoms with Crippen LogP contribution in [0.2, 0.25) is 0 Å². The van der Waals surface area contributed by atoms with Gasteiger partial charge in [-0.1, -0.05) is 65.8 Å². The molecule has 4 nitrogen and oxygen atoms in total. The number of rotatable bonds is 1. The molecule has 0 aliphatic heterocycles. The van der Waals surface area contributed by atoms with Crippen molar-refractivity contribution in [1.82, 2.24) is 4.98 Å². The van der Waals surface area contributed by atoms with Crippen LogP contribution in [0.5, 0.6) is 0 Å². The summed E-state index contributed by atoms with van der Waals surface area (Å²) >= 11 is 0. The van der Waals surface area contributed by atoms with Crippen molar-refractivity contribution in [2.45, 2.75) is 52.4 Å². The standard InChI is InChI=1S/C15H17NO.C9H13NO/c1-15(2,3)14-11-7-10-13(16(14)17)12-8-5-4-6-9-12;1-9(2,3)7-5-4-6-8(11)10-7/h4-11H,1-3H3;4-6H,1-3H3,(H,10,11). The normalized spacial score (nSPS) is 11.5. The van der Waals surface area contributed by atoms with E-state index in [0.29, 0.717) is 5.69 Å². The van der Waals surface area contributed by atoms with Crippen molar-refractivity contribution in [3.63, 3.8) is 0 Å². The SMILES string of the molecule is CC(C)(C)c1cccc(-c2ccccc2)[n+]1[O-].CC(C)(C)c1cccc(=O)[nH]1. The van der Waals surface area contributed by atoms with Crippen LogP contribution in [-0.2, 0) is 10.8 Å². The van der Waals surface area contributed by atoms with E-state index in [9.17, 15) is 10.0 Å². The summed E-state index contributed by atoms with van der Waals surface area (Å²) in [5.41, 5.74) is 3.28. The molecule has 0 bridgehead atoms. The maximum absolute atomic E-state index is 12.3. The van der Waals surface area contributed by atoms with E-state index in [1.54, 1.807) is 6.07 Å². The van der Waals surface area contributed by atoms with Crippen LogP contribution in [0.25, 0.3) is 11.3 Å². The van der Waals surface area contributed by atoms with Gasteiger partial charge in [-0.05, 0) is 24.3 Å². The molecule has 2 heterocycles. The van der Waals surface area contributed by atoms with Gasteiger partial charge in [0, 0.05) is 40.3 Å². The van der Waals surface area contributed by atoms with Crippen LogP contribution in [0, 0.1) is 5.21 Å². The Morgan fingerprint density at radius 3 is 1.86 bits per heavy atom. The average molecular weight is 379 g/mol. The van der Waals surface area contributed by atoms with Crippen molar-refractivity contribution in [3.8, 4) is 11.3 Å². The minimum Gasteiger partial charge on any atom is -0.618 e. The Bertz CT molecular complexity index is 962. The summed E-state index contributed by atoms with van der Waals surface area (Å²) in [6.45, 7) is 12.3. The summed E-state index contributed by atoms with van der Waals surface area (Å²) < 4.78 is 1.04. The first-order valence-electron chi connectivity index (χ1n) is 9.48. The van der Waals surface area contributed by atoms with Gasteiger partial charge in [0.1, 0.15) is 0 Å². The van der Waals surface area contributed by atoms with Crippen molar-refractivity contribution < 1.29 is 4.73 Å². The first-order valence-corrected chi connectivity index (χ1v) is 9.48. The summed E-state index contributed by atoms with van der Waals surface area (Å²) in [5, 5.41) is 12.3. The zero-order valence-corrected chi connectivity index (χ0v) is 17.6. The Hall–Kier alpha value is -2.88. The van der Waals surface area contributed by atoms with E-state index in [0.717, 1.165) is 21.7 Å². The molecule has 28 heavy (non-hydrogen) atoms. The van der Waals surface area contributed by atoms with Gasteiger partial charge < -0.3 is 10.2 Å². The summed E-state index contributed by atoms with van der Waals surface area (Å²) in [5.74, 6) is 0. The minimum absolute atomic E-state index is 0.0282. The van der Waals surface area contributed by atoms with E-state index in [-0.39, 0.29) is 16.4 Å². The monoisotopic (exact) mass is 378 g/mol. The highest BCUT2D eigenvalue weighted by Crippen LogP contribution is 2.22. The molecule has 1 N–H and O–H groups in total. The molecule has 0 amide bonds. The number of nitrogens with zero attached hydrogens (tertiary/aromatic N) is 1. The molecule has 0 saturated heterocycles. The lowest BCUT2D eigenvalue weighted by Gasteiger charge is -2.19. The summed E-state index contributed by atoms with van der Waals surface area (Å²) in [6, 6.07) is 20.7. The molecule has 0 radical (unpaired) electrons. The molecular formula is C24H30N2O2. The summed E-state index contributed by atoms with van der Waals surface area (Å²) in [6.07, 6.45) is 0. The van der Waals surface area contributed by atoms with Gasteiger partial charge in [-0.3, -0.25) is 4.79 Å². The van der Waals surface area contributed by atoms with Crippen LogP contribution >= 0.6 is 0 Å². The number of benzene rings is 1. The Kier molecular flexibility index (Phi) is 6.45. The molecular weight excluding hydrogens is 348 g/mol. The molecule has 4 heteroatoms. The third kappa shape index (κ3) is 5.56. The second kappa shape index (κ2) is 8.42. The van der Waals surface area contributed by atoms with Gasteiger partial charge in [0.2, 0.25) is 11.3 Å². The molecule has 0 aliphatic rings. The average Bonchev–Trinajstić information content (AvgIpc) is 2.61. The lowest BCUT2D eigenvalue weighted by atomic mass is 9.91. The third-order valence-electron chi connectivity index (χ3n) is 4.36. The number of aromatic nitrogens is 2. The fraction of sp³-hybridized carbons (Fsp3) is 0.333. The number of hydrogen-bond donors (Lipinski definition) is 1. The summed E-state index contributed by atoms with van der Waals surface area (Å²) in [4.78, 5) is 13.7. The molecule has 0 atom stereocenters. The largest absolute Gasteiger partial charge is 0.618 e. The number of nitrogens with one attached hydrogen (secondary N) is 1. The van der Waals surface area contributed by atoms with Crippen LogP contribution in [0.3, 0.4) is 0 Å². The number of H-pyrrole nitrogens is 1. The number of hydrogen-bond acceptors (Lipinski definition) is 2. The maximum atomic E-state index is 12.3. The lowest BCUT2D eigenvalue weighted by Crippen LogP contribution is -2.40. The van der Waals surface area contributed by atoms with Crippen LogP contribution in [-0.4, -0.2) is 4.98 Å². The van der Waals surface area contributed by atoms with E-state index in [1.807, 2.05) is 75.4 Å². The third-order valence-corrected chi connectivity index (χ3v) is 4.36. The highest BCUT2D eigenvalue weighted by molar-refractivity contribution is 5.55. The Morgan fingerprint density at radius 1 is 0.750 bits per heavy atom. The predicted octanol–water partition coefficient (Wildman–Crippen LogP) is 4.96. The van der Waals surface area contributed by atoms with Gasteiger partial charge in [0.05, 0.1) is 0 Å². The van der Waals surface area contributed by atoms with Crippen molar-refractivity contribution in [2.24, 2.45) is 0 Å². The van der Waals surface area contributed by atoms with Crippen LogP contribution < -0.4 is 10.3 Å². The van der Waals surface area contributed by atoms with Gasteiger partial charge in [-0.2, -0.15) is 4.73 Å². The van der Waals surface area contributed by atoms with Crippen LogP contribution in [0.1, 0.15) is 52.9 Å². The predicted molar refractivity (Wildman–Crippen MR) is 115 cm³/mol. The highest BCUT2D eigenvalue weighted by Gasteiger charge is 2.24. The summed E-state index contributed by atoms with van der Waals surface area (Å²) in [7, 11) is 0. The quantitative estimate of drug-likeness (QED) is 0.481. The minimum atomic E-state index is -0.146. The second-order valence-corrected chi connectivity index (χ2v) is 8.89. The lowest BCUT2D eigenvalue weighted by molar-refractivity contribution is -0.606. The molecule has 3 aromatic rings. The van der Waals surface area contributed by atoms with Crippen LogP contribution in [0.15, 0.2) is 71.5 Å². The molecule has 0 saturated carbocycles. The highest BCUT2D eigenvalue weighted by atomic mass is 16.5. The molecule has 0 spiro atoms. The van der Waals surface area contributed by atoms with Crippen molar-refractivity contribution >= 4 is 0 Å². The van der Waals surface area contributed by atoms with E-state index in [2.05, 4.69) is 25.8 Å². The molecule has 0 unspecified atom stereocenters. The first-order chi connectivity index (χ1) is 13.0. The van der Waals surface area contributed by atoms with Gasteiger partial charge in [-0.25, -0.2) is 0 Å².